The van der Waals surface area contributed by atoms with E-state index in [2.05, 4.69) is 0 Å². The molecule has 0 bridgehead atoms. The molecule has 0 aliphatic rings. The maximum atomic E-state index is 12.3. The number of halogens is 3. The van der Waals surface area contributed by atoms with Crippen LogP contribution in [0.5, 0.6) is 5.75 Å². The highest BCUT2D eigenvalue weighted by molar-refractivity contribution is 5.53. The van der Waals surface area contributed by atoms with Gasteiger partial charge in [-0.1, -0.05) is 18.2 Å². The van der Waals surface area contributed by atoms with Crippen molar-refractivity contribution in [1.82, 2.24) is 0 Å². The number of aromatic hydroxyl groups is 1. The summed E-state index contributed by atoms with van der Waals surface area (Å²) >= 11 is 0. The molecule has 0 amide bonds. The van der Waals surface area contributed by atoms with Crippen LogP contribution in [0, 0.1) is 0 Å². The van der Waals surface area contributed by atoms with Crippen LogP contribution in [0.25, 0.3) is 6.08 Å². The fourth-order valence-electron chi connectivity index (χ4n) is 1.08. The Kier molecular flexibility index (Phi) is 2.84. The van der Waals surface area contributed by atoms with E-state index in [0.717, 1.165) is 12.1 Å². The van der Waals surface area contributed by atoms with Gasteiger partial charge in [-0.15, -0.1) is 0 Å². The molecule has 1 nitrogen and oxygen atoms in total. The Morgan fingerprint density at radius 2 is 1.93 bits per heavy atom. The average molecular weight is 202 g/mol. The molecule has 0 aromatic heterocycles. The minimum absolute atomic E-state index is 0.414. The summed E-state index contributed by atoms with van der Waals surface area (Å²) < 4.78 is 36.9. The summed E-state index contributed by atoms with van der Waals surface area (Å²) in [5.41, 5.74) is -0.592. The summed E-state index contributed by atoms with van der Waals surface area (Å²) in [6, 6.07) is 3.37. The molecule has 0 saturated heterocycles. The normalized spacial score (nSPS) is 12.3. The van der Waals surface area contributed by atoms with Gasteiger partial charge in [-0.25, -0.2) is 0 Å². The van der Waals surface area contributed by atoms with Crippen LogP contribution in [0.3, 0.4) is 0 Å². The molecule has 1 N–H and O–H groups in total. The second-order valence-electron chi connectivity index (χ2n) is 2.77. The maximum Gasteiger partial charge on any atom is 0.419 e. The number of benzene rings is 1. The smallest absolute Gasteiger partial charge is 0.419 e. The molecule has 0 aliphatic carbocycles. The molecule has 0 atom stereocenters. The highest BCUT2D eigenvalue weighted by Gasteiger charge is 2.33. The number of phenols is 1. The molecule has 0 heterocycles. The number of hydrogen-bond acceptors (Lipinski definition) is 1. The monoisotopic (exact) mass is 202 g/mol. The third kappa shape index (κ3) is 2.28. The maximum absolute atomic E-state index is 12.3. The first-order valence-corrected chi connectivity index (χ1v) is 3.98. The summed E-state index contributed by atoms with van der Waals surface area (Å²) in [6.45, 7) is 1.71. The molecule has 0 saturated carbocycles. The Morgan fingerprint density at radius 1 is 1.29 bits per heavy atom. The van der Waals surface area contributed by atoms with E-state index in [0.29, 0.717) is 5.56 Å². The molecular weight excluding hydrogens is 193 g/mol. The van der Waals surface area contributed by atoms with Crippen molar-refractivity contribution in [2.75, 3.05) is 0 Å². The lowest BCUT2D eigenvalue weighted by atomic mass is 10.1. The van der Waals surface area contributed by atoms with Gasteiger partial charge in [0.1, 0.15) is 5.75 Å². The van der Waals surface area contributed by atoms with Gasteiger partial charge in [0.2, 0.25) is 0 Å². The fourth-order valence-corrected chi connectivity index (χ4v) is 1.08. The number of hydrogen-bond donors (Lipinski definition) is 1. The van der Waals surface area contributed by atoms with Gasteiger partial charge < -0.3 is 5.11 Å². The van der Waals surface area contributed by atoms with Crippen molar-refractivity contribution in [3.05, 3.63) is 35.4 Å². The van der Waals surface area contributed by atoms with Crippen molar-refractivity contribution in [3.63, 3.8) is 0 Å². The third-order valence-electron chi connectivity index (χ3n) is 1.69. The summed E-state index contributed by atoms with van der Waals surface area (Å²) in [7, 11) is 0. The number of allylic oxidation sites excluding steroid dienone is 1. The first kappa shape index (κ1) is 10.6. The van der Waals surface area contributed by atoms with Crippen LogP contribution >= 0.6 is 0 Å². The molecule has 4 heteroatoms. The van der Waals surface area contributed by atoms with Crippen LogP contribution in [-0.4, -0.2) is 5.11 Å². The molecule has 0 spiro atoms. The van der Waals surface area contributed by atoms with Crippen molar-refractivity contribution in [2.45, 2.75) is 13.1 Å². The van der Waals surface area contributed by atoms with E-state index in [4.69, 9.17) is 5.11 Å². The summed E-state index contributed by atoms with van der Waals surface area (Å²) in [6.07, 6.45) is -1.34. The highest BCUT2D eigenvalue weighted by atomic mass is 19.4. The van der Waals surface area contributed by atoms with E-state index in [1.165, 1.54) is 12.1 Å². The molecule has 1 aromatic rings. The zero-order valence-electron chi connectivity index (χ0n) is 7.47. The van der Waals surface area contributed by atoms with E-state index in [1.807, 2.05) is 0 Å². The lowest BCUT2D eigenvalue weighted by Gasteiger charge is -2.09. The van der Waals surface area contributed by atoms with Crippen LogP contribution in [0.2, 0.25) is 0 Å². The van der Waals surface area contributed by atoms with Gasteiger partial charge in [0.15, 0.2) is 0 Å². The minimum atomic E-state index is -4.51. The third-order valence-corrected chi connectivity index (χ3v) is 1.69. The van der Waals surface area contributed by atoms with Gasteiger partial charge in [0.25, 0.3) is 0 Å². The molecule has 14 heavy (non-hydrogen) atoms. The largest absolute Gasteiger partial charge is 0.507 e. The summed E-state index contributed by atoms with van der Waals surface area (Å²) in [4.78, 5) is 0. The first-order chi connectivity index (χ1) is 6.45. The second kappa shape index (κ2) is 3.74. The van der Waals surface area contributed by atoms with Gasteiger partial charge in [-0.2, -0.15) is 13.2 Å². The van der Waals surface area contributed by atoms with E-state index in [1.54, 1.807) is 13.0 Å². The van der Waals surface area contributed by atoms with Crippen molar-refractivity contribution in [2.24, 2.45) is 0 Å². The fraction of sp³-hybridized carbons (Fsp3) is 0.200. The Morgan fingerprint density at radius 3 is 2.43 bits per heavy atom. The molecule has 1 rings (SSSR count). The van der Waals surface area contributed by atoms with Crippen molar-refractivity contribution < 1.29 is 18.3 Å². The molecule has 0 aliphatic heterocycles. The number of phenolic OH excluding ortho intramolecular Hbond substituents is 1. The SMILES string of the molecule is C/C=C/c1ccc(O)c(C(F)(F)F)c1. The van der Waals surface area contributed by atoms with Gasteiger partial charge in [0, 0.05) is 0 Å². The Labute approximate surface area is 79.5 Å². The molecule has 0 fully saturated rings. The van der Waals surface area contributed by atoms with Crippen LogP contribution in [-0.2, 0) is 6.18 Å². The van der Waals surface area contributed by atoms with E-state index < -0.39 is 17.5 Å². The zero-order valence-corrected chi connectivity index (χ0v) is 7.47. The summed E-state index contributed by atoms with van der Waals surface area (Å²) in [5, 5.41) is 8.99. The Balaban J connectivity index is 3.22. The molecule has 0 unspecified atom stereocenters. The lowest BCUT2D eigenvalue weighted by molar-refractivity contribution is -0.138. The van der Waals surface area contributed by atoms with E-state index >= 15 is 0 Å². The summed E-state index contributed by atoms with van der Waals surface area (Å²) in [5.74, 6) is -0.745. The van der Waals surface area contributed by atoms with Crippen LogP contribution in [0.4, 0.5) is 13.2 Å². The first-order valence-electron chi connectivity index (χ1n) is 3.98. The second-order valence-corrected chi connectivity index (χ2v) is 2.77. The van der Waals surface area contributed by atoms with Crippen molar-refractivity contribution >= 4 is 6.08 Å². The molecule has 76 valence electrons. The highest BCUT2D eigenvalue weighted by Crippen LogP contribution is 2.36. The van der Waals surface area contributed by atoms with Gasteiger partial charge in [0.05, 0.1) is 5.56 Å². The predicted octanol–water partition coefficient (Wildman–Crippen LogP) is 3.44. The van der Waals surface area contributed by atoms with Crippen molar-refractivity contribution in [1.29, 1.82) is 0 Å². The Bertz CT molecular complexity index is 353. The molecule has 0 radical (unpaired) electrons. The van der Waals surface area contributed by atoms with Crippen LogP contribution in [0.1, 0.15) is 18.1 Å². The number of rotatable bonds is 1. The van der Waals surface area contributed by atoms with Gasteiger partial charge in [-0.3, -0.25) is 0 Å². The predicted molar refractivity (Wildman–Crippen MR) is 47.8 cm³/mol. The average Bonchev–Trinajstić information content (AvgIpc) is 2.07. The topological polar surface area (TPSA) is 20.2 Å². The van der Waals surface area contributed by atoms with Gasteiger partial charge >= 0.3 is 6.18 Å². The quantitative estimate of drug-likeness (QED) is 0.739. The zero-order chi connectivity index (χ0) is 10.8. The molecular formula is C10H9F3O. The molecule has 1 aromatic carbocycles. The van der Waals surface area contributed by atoms with Crippen LogP contribution < -0.4 is 0 Å². The van der Waals surface area contributed by atoms with Crippen LogP contribution in [0.15, 0.2) is 24.3 Å². The van der Waals surface area contributed by atoms with E-state index in [-0.39, 0.29) is 0 Å². The van der Waals surface area contributed by atoms with Gasteiger partial charge in [-0.05, 0) is 24.6 Å². The van der Waals surface area contributed by atoms with Crippen molar-refractivity contribution in [3.8, 4) is 5.75 Å². The lowest BCUT2D eigenvalue weighted by Crippen LogP contribution is -2.05. The Hall–Kier alpha value is -1.45. The minimum Gasteiger partial charge on any atom is -0.507 e. The van der Waals surface area contributed by atoms with E-state index in [9.17, 15) is 13.2 Å². The standard InChI is InChI=1S/C10H9F3O/c1-2-3-7-4-5-9(14)8(6-7)10(11,12)13/h2-6,14H,1H3/b3-2+. The number of alkyl halides is 3.